The number of carboxylic acid groups (broad SMARTS) is 1. The Balaban J connectivity index is 3.01. The molecule has 0 unspecified atom stereocenters. The van der Waals surface area contributed by atoms with Crippen LogP contribution in [0.1, 0.15) is 28.2 Å². The molecule has 1 N–H and O–H groups in total. The molecule has 12 heavy (non-hydrogen) atoms. The fraction of sp³-hybridized carbons (Fsp3) is 0.200. The average Bonchev–Trinajstić information content (AvgIpc) is 2.04. The molecule has 1 aromatic heterocycles. The molecule has 0 aliphatic heterocycles. The van der Waals surface area contributed by atoms with Gasteiger partial charge in [0, 0.05) is 6.92 Å². The molecule has 0 spiro atoms. The van der Waals surface area contributed by atoms with Crippen molar-refractivity contribution in [2.45, 2.75) is 6.92 Å². The van der Waals surface area contributed by atoms with Gasteiger partial charge in [0.15, 0.2) is 0 Å². The van der Waals surface area contributed by atoms with Crippen LogP contribution in [0.3, 0.4) is 0 Å². The third-order valence-corrected chi connectivity index (χ3v) is 0.985. The average molecular weight is 168 g/mol. The number of aromatic carboxylic acids is 1. The number of Topliss-reactive ketones (excluding diaryl/α,β-unsaturated/α-hetero) is 1. The number of ketones is 1. The van der Waals surface area contributed by atoms with Gasteiger partial charge in [-0.3, -0.25) is 4.79 Å². The molecular formula is C5H4N4O3. The van der Waals surface area contributed by atoms with Crippen LogP contribution >= 0.6 is 0 Å². The molecule has 0 aliphatic carbocycles. The summed E-state index contributed by atoms with van der Waals surface area (Å²) in [5.74, 6) is -2.46. The lowest BCUT2D eigenvalue weighted by atomic mass is 10.4. The lowest BCUT2D eigenvalue weighted by molar-refractivity contribution is 0.0678. The normalized spacial score (nSPS) is 9.42. The number of aromatic nitrogens is 4. The fourth-order valence-corrected chi connectivity index (χ4v) is 0.456. The standard InChI is InChI=1S/C5H4N4O3/c1-2(10)3-6-8-4(5(11)12)9-7-3/h1H3,(H,11,12). The van der Waals surface area contributed by atoms with Crippen LogP contribution in [0.4, 0.5) is 0 Å². The monoisotopic (exact) mass is 168 g/mol. The molecule has 0 bridgehead atoms. The summed E-state index contributed by atoms with van der Waals surface area (Å²) in [7, 11) is 0. The van der Waals surface area contributed by atoms with E-state index >= 15 is 0 Å². The zero-order chi connectivity index (χ0) is 9.14. The lowest BCUT2D eigenvalue weighted by Crippen LogP contribution is -2.12. The number of hydrogen-bond donors (Lipinski definition) is 1. The van der Waals surface area contributed by atoms with Crippen LogP contribution < -0.4 is 0 Å². The van der Waals surface area contributed by atoms with Gasteiger partial charge in [-0.25, -0.2) is 4.79 Å². The molecule has 7 heteroatoms. The first-order valence-electron chi connectivity index (χ1n) is 2.93. The minimum Gasteiger partial charge on any atom is -0.475 e. The highest BCUT2D eigenvalue weighted by Gasteiger charge is 2.10. The Morgan fingerprint density at radius 2 is 1.50 bits per heavy atom. The van der Waals surface area contributed by atoms with Crippen LogP contribution in [-0.2, 0) is 0 Å². The van der Waals surface area contributed by atoms with E-state index in [1.165, 1.54) is 6.92 Å². The van der Waals surface area contributed by atoms with Gasteiger partial charge >= 0.3 is 5.97 Å². The molecule has 62 valence electrons. The molecule has 1 rings (SSSR count). The largest absolute Gasteiger partial charge is 0.475 e. The van der Waals surface area contributed by atoms with Gasteiger partial charge in [-0.2, -0.15) is 0 Å². The molecule has 1 aromatic rings. The number of carbonyl (C=O) groups excluding carboxylic acids is 1. The Kier molecular flexibility index (Phi) is 2.04. The van der Waals surface area contributed by atoms with Crippen LogP contribution in [0.2, 0.25) is 0 Å². The van der Waals surface area contributed by atoms with Crippen LogP contribution in [0.15, 0.2) is 0 Å². The van der Waals surface area contributed by atoms with Gasteiger partial charge in [0.25, 0.3) is 5.82 Å². The second-order valence-electron chi connectivity index (χ2n) is 1.91. The number of rotatable bonds is 2. The first-order valence-corrected chi connectivity index (χ1v) is 2.93. The van der Waals surface area contributed by atoms with Gasteiger partial charge in [0.05, 0.1) is 0 Å². The zero-order valence-electron chi connectivity index (χ0n) is 6.05. The van der Waals surface area contributed by atoms with Crippen molar-refractivity contribution in [3.63, 3.8) is 0 Å². The van der Waals surface area contributed by atoms with Gasteiger partial charge in [-0.1, -0.05) is 0 Å². The van der Waals surface area contributed by atoms with Gasteiger partial charge in [0.1, 0.15) is 0 Å². The number of carboxylic acids is 1. The van der Waals surface area contributed by atoms with Gasteiger partial charge in [0.2, 0.25) is 11.6 Å². The maximum atomic E-state index is 10.6. The summed E-state index contributed by atoms with van der Waals surface area (Å²) in [5.41, 5.74) is 0. The molecule has 0 atom stereocenters. The summed E-state index contributed by atoms with van der Waals surface area (Å²) in [6.07, 6.45) is 0. The molecule has 0 aliphatic rings. The van der Waals surface area contributed by atoms with Gasteiger partial charge < -0.3 is 5.11 Å². The maximum Gasteiger partial charge on any atom is 0.377 e. The molecule has 0 aromatic carbocycles. The molecule has 0 amide bonds. The smallest absolute Gasteiger partial charge is 0.377 e. The van der Waals surface area contributed by atoms with Crippen molar-refractivity contribution in [1.82, 2.24) is 20.4 Å². The van der Waals surface area contributed by atoms with E-state index < -0.39 is 17.6 Å². The number of carbonyl (C=O) groups is 2. The summed E-state index contributed by atoms with van der Waals surface area (Å²) >= 11 is 0. The van der Waals surface area contributed by atoms with Crippen molar-refractivity contribution in [2.24, 2.45) is 0 Å². The first kappa shape index (κ1) is 8.18. The van der Waals surface area contributed by atoms with E-state index in [1.807, 2.05) is 0 Å². The van der Waals surface area contributed by atoms with Crippen LogP contribution in [-0.4, -0.2) is 37.3 Å². The van der Waals surface area contributed by atoms with Crippen molar-refractivity contribution < 1.29 is 14.7 Å². The highest BCUT2D eigenvalue weighted by atomic mass is 16.4. The van der Waals surface area contributed by atoms with E-state index in [2.05, 4.69) is 20.4 Å². The molecule has 7 nitrogen and oxygen atoms in total. The van der Waals surface area contributed by atoms with Crippen molar-refractivity contribution >= 4 is 11.8 Å². The Hall–Kier alpha value is -1.92. The molecule has 0 radical (unpaired) electrons. The molecule has 0 saturated carbocycles. The minimum atomic E-state index is -1.33. The van der Waals surface area contributed by atoms with E-state index in [-0.39, 0.29) is 5.82 Å². The predicted molar refractivity (Wildman–Crippen MR) is 34.6 cm³/mol. The first-order chi connectivity index (χ1) is 5.61. The lowest BCUT2D eigenvalue weighted by Gasteiger charge is -1.90. The quantitative estimate of drug-likeness (QED) is 0.574. The predicted octanol–water partition coefficient (Wildman–Crippen LogP) is -0.833. The Morgan fingerprint density at radius 1 is 1.08 bits per heavy atom. The summed E-state index contributed by atoms with van der Waals surface area (Å²) in [6.45, 7) is 1.24. The molecule has 1 heterocycles. The summed E-state index contributed by atoms with van der Waals surface area (Å²) in [6, 6.07) is 0. The summed E-state index contributed by atoms with van der Waals surface area (Å²) in [5, 5.41) is 21.1. The van der Waals surface area contributed by atoms with E-state index in [0.29, 0.717) is 0 Å². The maximum absolute atomic E-state index is 10.6. The Labute approximate surface area is 66.5 Å². The Morgan fingerprint density at radius 3 is 1.83 bits per heavy atom. The van der Waals surface area contributed by atoms with Gasteiger partial charge in [-0.05, 0) is 0 Å². The van der Waals surface area contributed by atoms with Crippen molar-refractivity contribution in [3.8, 4) is 0 Å². The van der Waals surface area contributed by atoms with E-state index in [0.717, 1.165) is 0 Å². The SMILES string of the molecule is CC(=O)c1nnc(C(=O)O)nn1. The minimum absolute atomic E-state index is 0.194. The third kappa shape index (κ3) is 1.57. The van der Waals surface area contributed by atoms with E-state index in [9.17, 15) is 9.59 Å². The zero-order valence-corrected chi connectivity index (χ0v) is 6.05. The highest BCUT2D eigenvalue weighted by molar-refractivity contribution is 5.90. The third-order valence-electron chi connectivity index (χ3n) is 0.985. The van der Waals surface area contributed by atoms with Crippen molar-refractivity contribution in [3.05, 3.63) is 11.6 Å². The summed E-state index contributed by atoms with van der Waals surface area (Å²) in [4.78, 5) is 20.8. The van der Waals surface area contributed by atoms with E-state index in [1.54, 1.807) is 0 Å². The topological polar surface area (TPSA) is 106 Å². The molecule has 0 fully saturated rings. The summed E-state index contributed by atoms with van der Waals surface area (Å²) < 4.78 is 0. The highest BCUT2D eigenvalue weighted by Crippen LogP contribution is 1.87. The van der Waals surface area contributed by atoms with Crippen LogP contribution in [0.5, 0.6) is 0 Å². The second-order valence-corrected chi connectivity index (χ2v) is 1.91. The van der Waals surface area contributed by atoms with Crippen molar-refractivity contribution in [2.75, 3.05) is 0 Å². The molecular weight excluding hydrogens is 164 g/mol. The Bertz CT molecular complexity index is 287. The van der Waals surface area contributed by atoms with E-state index in [4.69, 9.17) is 5.11 Å². The second kappa shape index (κ2) is 2.99. The fourth-order valence-electron chi connectivity index (χ4n) is 0.456. The van der Waals surface area contributed by atoms with Crippen LogP contribution in [0.25, 0.3) is 0 Å². The van der Waals surface area contributed by atoms with Crippen LogP contribution in [0, 0.1) is 0 Å². The van der Waals surface area contributed by atoms with Crippen molar-refractivity contribution in [1.29, 1.82) is 0 Å². The number of nitrogens with zero attached hydrogens (tertiary/aromatic N) is 4. The number of hydrogen-bond acceptors (Lipinski definition) is 6. The van der Waals surface area contributed by atoms with Gasteiger partial charge in [-0.15, -0.1) is 20.4 Å². The molecule has 0 saturated heterocycles.